The molecule has 0 amide bonds. The molecule has 0 atom stereocenters. The van der Waals surface area contributed by atoms with Gasteiger partial charge in [-0.05, 0) is 59.0 Å². The van der Waals surface area contributed by atoms with Gasteiger partial charge >= 0.3 is 0 Å². The van der Waals surface area contributed by atoms with E-state index in [0.29, 0.717) is 17.2 Å². The fourth-order valence-electron chi connectivity index (χ4n) is 1.42. The highest BCUT2D eigenvalue weighted by molar-refractivity contribution is 14.1. The number of hydrogen-bond donors (Lipinski definition) is 1. The second-order valence-corrected chi connectivity index (χ2v) is 4.67. The van der Waals surface area contributed by atoms with Gasteiger partial charge in [0.1, 0.15) is 17.2 Å². The van der Waals surface area contributed by atoms with Crippen LogP contribution in [0.5, 0.6) is 17.2 Å². The summed E-state index contributed by atoms with van der Waals surface area (Å²) >= 11 is 2.25. The van der Waals surface area contributed by atoms with Gasteiger partial charge in [-0.25, -0.2) is 0 Å². The van der Waals surface area contributed by atoms with Crippen molar-refractivity contribution in [2.45, 2.75) is 0 Å². The smallest absolute Gasteiger partial charge is 0.154 e. The highest BCUT2D eigenvalue weighted by atomic mass is 127. The second kappa shape index (κ2) is 5.27. The number of benzene rings is 2. The Bertz CT molecular complexity index is 511. The van der Waals surface area contributed by atoms with E-state index in [4.69, 9.17) is 15.2 Å². The first kappa shape index (κ1) is 12.0. The molecule has 0 aliphatic heterocycles. The molecule has 0 bridgehead atoms. The van der Waals surface area contributed by atoms with Gasteiger partial charge in [0.25, 0.3) is 0 Å². The van der Waals surface area contributed by atoms with Gasteiger partial charge < -0.3 is 15.2 Å². The van der Waals surface area contributed by atoms with Crippen LogP contribution in [-0.2, 0) is 0 Å². The predicted octanol–water partition coefficient (Wildman–Crippen LogP) is 3.67. The number of rotatable bonds is 3. The monoisotopic (exact) mass is 341 g/mol. The van der Waals surface area contributed by atoms with Crippen LogP contribution in [0.2, 0.25) is 0 Å². The first-order valence-electron chi connectivity index (χ1n) is 5.06. The standard InChI is InChI=1S/C13H12INO2/c1-16-11-3-2-4-12(13(11)15)17-10-7-5-9(14)6-8-10/h2-8H,15H2,1H3. The van der Waals surface area contributed by atoms with Crippen LogP contribution in [0.15, 0.2) is 42.5 Å². The minimum Gasteiger partial charge on any atom is -0.494 e. The number of anilines is 1. The Hall–Kier alpha value is -1.43. The molecule has 2 aromatic rings. The fourth-order valence-corrected chi connectivity index (χ4v) is 1.78. The largest absolute Gasteiger partial charge is 0.494 e. The van der Waals surface area contributed by atoms with Crippen molar-refractivity contribution in [1.29, 1.82) is 0 Å². The number of hydrogen-bond acceptors (Lipinski definition) is 3. The van der Waals surface area contributed by atoms with Crippen molar-refractivity contribution >= 4 is 28.3 Å². The molecule has 88 valence electrons. The van der Waals surface area contributed by atoms with Crippen molar-refractivity contribution in [1.82, 2.24) is 0 Å². The average molecular weight is 341 g/mol. The summed E-state index contributed by atoms with van der Waals surface area (Å²) in [6.45, 7) is 0. The molecule has 0 unspecified atom stereocenters. The molecular formula is C13H12INO2. The molecule has 0 fully saturated rings. The highest BCUT2D eigenvalue weighted by Gasteiger charge is 2.06. The fraction of sp³-hybridized carbons (Fsp3) is 0.0769. The van der Waals surface area contributed by atoms with Gasteiger partial charge in [0.05, 0.1) is 7.11 Å². The molecule has 2 N–H and O–H groups in total. The van der Waals surface area contributed by atoms with Crippen molar-refractivity contribution in [3.8, 4) is 17.2 Å². The van der Waals surface area contributed by atoms with E-state index in [2.05, 4.69) is 22.6 Å². The third-order valence-corrected chi connectivity index (χ3v) is 3.01. The van der Waals surface area contributed by atoms with Crippen LogP contribution in [0.25, 0.3) is 0 Å². The topological polar surface area (TPSA) is 44.5 Å². The normalized spacial score (nSPS) is 10.0. The molecule has 0 radical (unpaired) electrons. The van der Waals surface area contributed by atoms with Crippen LogP contribution >= 0.6 is 22.6 Å². The molecule has 0 aliphatic rings. The molecule has 0 aliphatic carbocycles. The Morgan fingerprint density at radius 1 is 1.00 bits per heavy atom. The lowest BCUT2D eigenvalue weighted by atomic mass is 10.2. The van der Waals surface area contributed by atoms with Gasteiger partial charge in [0.2, 0.25) is 0 Å². The summed E-state index contributed by atoms with van der Waals surface area (Å²) < 4.78 is 12.0. The summed E-state index contributed by atoms with van der Waals surface area (Å²) in [5.41, 5.74) is 6.43. The van der Waals surface area contributed by atoms with Crippen LogP contribution in [0.1, 0.15) is 0 Å². The maximum Gasteiger partial charge on any atom is 0.154 e. The van der Waals surface area contributed by atoms with E-state index < -0.39 is 0 Å². The molecule has 4 heteroatoms. The van der Waals surface area contributed by atoms with Gasteiger partial charge in [0, 0.05) is 3.57 Å². The van der Waals surface area contributed by atoms with E-state index in [1.54, 1.807) is 13.2 Å². The first-order chi connectivity index (χ1) is 8.20. The lowest BCUT2D eigenvalue weighted by Gasteiger charge is -2.11. The maximum atomic E-state index is 5.92. The Balaban J connectivity index is 2.27. The number of halogens is 1. The van der Waals surface area contributed by atoms with Crippen molar-refractivity contribution in [2.24, 2.45) is 0 Å². The SMILES string of the molecule is COc1cccc(Oc2ccc(I)cc2)c1N. The molecule has 0 saturated heterocycles. The van der Waals surface area contributed by atoms with Crippen LogP contribution in [0, 0.1) is 3.57 Å². The number of nitrogen functional groups attached to an aromatic ring is 1. The van der Waals surface area contributed by atoms with Gasteiger partial charge in [0.15, 0.2) is 5.75 Å². The first-order valence-corrected chi connectivity index (χ1v) is 6.14. The minimum atomic E-state index is 0.508. The molecule has 2 aromatic carbocycles. The number of methoxy groups -OCH3 is 1. The van der Waals surface area contributed by atoms with Crippen LogP contribution in [0.3, 0.4) is 0 Å². The summed E-state index contributed by atoms with van der Waals surface area (Å²) in [6.07, 6.45) is 0. The zero-order valence-corrected chi connectivity index (χ0v) is 11.5. The van der Waals surface area contributed by atoms with E-state index in [0.717, 1.165) is 9.32 Å². The van der Waals surface area contributed by atoms with Crippen molar-refractivity contribution in [2.75, 3.05) is 12.8 Å². The van der Waals surface area contributed by atoms with Crippen LogP contribution in [0.4, 0.5) is 5.69 Å². The summed E-state index contributed by atoms with van der Waals surface area (Å²) in [7, 11) is 1.58. The molecule has 0 saturated carbocycles. The average Bonchev–Trinajstić information content (AvgIpc) is 2.35. The molecular weight excluding hydrogens is 329 g/mol. The van der Waals surface area contributed by atoms with E-state index in [-0.39, 0.29) is 0 Å². The maximum absolute atomic E-state index is 5.92. The predicted molar refractivity (Wildman–Crippen MR) is 76.6 cm³/mol. The molecule has 17 heavy (non-hydrogen) atoms. The summed E-state index contributed by atoms with van der Waals surface area (Å²) in [5.74, 6) is 1.98. The Morgan fingerprint density at radius 3 is 2.29 bits per heavy atom. The van der Waals surface area contributed by atoms with Crippen LogP contribution < -0.4 is 15.2 Å². The number of para-hydroxylation sites is 1. The summed E-state index contributed by atoms with van der Waals surface area (Å²) in [5, 5.41) is 0. The molecule has 3 nitrogen and oxygen atoms in total. The molecule has 0 spiro atoms. The van der Waals surface area contributed by atoms with E-state index >= 15 is 0 Å². The second-order valence-electron chi connectivity index (χ2n) is 3.43. The lowest BCUT2D eigenvalue weighted by molar-refractivity contribution is 0.412. The summed E-state index contributed by atoms with van der Waals surface area (Å²) in [6, 6.07) is 13.2. The van der Waals surface area contributed by atoms with Gasteiger partial charge in [-0.3, -0.25) is 0 Å². The lowest BCUT2D eigenvalue weighted by Crippen LogP contribution is -1.95. The van der Waals surface area contributed by atoms with E-state index in [1.807, 2.05) is 36.4 Å². The van der Waals surface area contributed by atoms with Crippen LogP contribution in [-0.4, -0.2) is 7.11 Å². The third-order valence-electron chi connectivity index (χ3n) is 2.29. The number of ether oxygens (including phenoxy) is 2. The van der Waals surface area contributed by atoms with Gasteiger partial charge in [-0.2, -0.15) is 0 Å². The molecule has 0 heterocycles. The van der Waals surface area contributed by atoms with Gasteiger partial charge in [-0.15, -0.1) is 0 Å². The third kappa shape index (κ3) is 2.82. The van der Waals surface area contributed by atoms with Crippen molar-refractivity contribution < 1.29 is 9.47 Å². The minimum absolute atomic E-state index is 0.508. The van der Waals surface area contributed by atoms with Gasteiger partial charge in [-0.1, -0.05) is 6.07 Å². The Labute approximate surface area is 114 Å². The van der Waals surface area contributed by atoms with E-state index in [1.165, 1.54) is 0 Å². The highest BCUT2D eigenvalue weighted by Crippen LogP contribution is 2.34. The zero-order chi connectivity index (χ0) is 12.3. The molecule has 2 rings (SSSR count). The van der Waals surface area contributed by atoms with Crippen molar-refractivity contribution in [3.63, 3.8) is 0 Å². The van der Waals surface area contributed by atoms with E-state index in [9.17, 15) is 0 Å². The number of nitrogens with two attached hydrogens (primary N) is 1. The Morgan fingerprint density at radius 2 is 1.65 bits per heavy atom. The Kier molecular flexibility index (Phi) is 3.73. The quantitative estimate of drug-likeness (QED) is 0.684. The zero-order valence-electron chi connectivity index (χ0n) is 9.31. The molecule has 0 aromatic heterocycles. The van der Waals surface area contributed by atoms with Crippen molar-refractivity contribution in [3.05, 3.63) is 46.0 Å². The summed E-state index contributed by atoms with van der Waals surface area (Å²) in [4.78, 5) is 0.